The van der Waals surface area contributed by atoms with Gasteiger partial charge >= 0.3 is 0 Å². The van der Waals surface area contributed by atoms with Crippen molar-refractivity contribution in [1.82, 2.24) is 4.31 Å². The second kappa shape index (κ2) is 6.81. The summed E-state index contributed by atoms with van der Waals surface area (Å²) in [5.74, 6) is -0.210. The molecule has 0 aromatic heterocycles. The van der Waals surface area contributed by atoms with Gasteiger partial charge in [0.15, 0.2) is 0 Å². The van der Waals surface area contributed by atoms with Crippen LogP contribution in [0.1, 0.15) is 26.2 Å². The number of hydrogen-bond donors (Lipinski definition) is 1. The Morgan fingerprint density at radius 2 is 1.90 bits per heavy atom. The van der Waals surface area contributed by atoms with E-state index < -0.39 is 10.0 Å². The first-order valence-corrected chi connectivity index (χ1v) is 9.57. The SMILES string of the molecule is CSc1ccc(S(=O)(=O)N2CCCCC2)cc1NC(C)=O. The molecule has 1 amide bonds. The summed E-state index contributed by atoms with van der Waals surface area (Å²) >= 11 is 1.47. The van der Waals surface area contributed by atoms with E-state index in [0.29, 0.717) is 18.8 Å². The number of benzene rings is 1. The average molecular weight is 328 g/mol. The highest BCUT2D eigenvalue weighted by atomic mass is 32.2. The van der Waals surface area contributed by atoms with Crippen molar-refractivity contribution in [2.24, 2.45) is 0 Å². The van der Waals surface area contributed by atoms with Gasteiger partial charge in [0.05, 0.1) is 10.6 Å². The van der Waals surface area contributed by atoms with Crippen LogP contribution in [0.2, 0.25) is 0 Å². The zero-order valence-electron chi connectivity index (χ0n) is 12.3. The van der Waals surface area contributed by atoms with Crippen LogP contribution in [0.3, 0.4) is 0 Å². The van der Waals surface area contributed by atoms with Gasteiger partial charge in [0.2, 0.25) is 15.9 Å². The number of nitrogens with one attached hydrogen (secondary N) is 1. The van der Waals surface area contributed by atoms with Crippen molar-refractivity contribution in [3.8, 4) is 0 Å². The minimum absolute atomic E-state index is 0.210. The van der Waals surface area contributed by atoms with Crippen molar-refractivity contribution in [1.29, 1.82) is 0 Å². The number of sulfonamides is 1. The summed E-state index contributed by atoms with van der Waals surface area (Å²) in [5, 5.41) is 2.70. The Hall–Kier alpha value is -1.05. The first-order valence-electron chi connectivity index (χ1n) is 6.91. The monoisotopic (exact) mass is 328 g/mol. The third-order valence-electron chi connectivity index (χ3n) is 3.43. The number of rotatable bonds is 4. The fraction of sp³-hybridized carbons (Fsp3) is 0.500. The van der Waals surface area contributed by atoms with E-state index in [1.54, 1.807) is 18.2 Å². The Balaban J connectivity index is 2.36. The number of nitrogens with zero attached hydrogens (tertiary/aromatic N) is 1. The Labute approximate surface area is 130 Å². The lowest BCUT2D eigenvalue weighted by molar-refractivity contribution is -0.114. The van der Waals surface area contributed by atoms with Crippen molar-refractivity contribution in [3.05, 3.63) is 18.2 Å². The van der Waals surface area contributed by atoms with E-state index in [-0.39, 0.29) is 10.8 Å². The van der Waals surface area contributed by atoms with E-state index in [0.717, 1.165) is 24.2 Å². The van der Waals surface area contributed by atoms with Gasteiger partial charge in [-0.2, -0.15) is 4.31 Å². The Bertz CT molecular complexity index is 623. The molecule has 1 aliphatic heterocycles. The zero-order chi connectivity index (χ0) is 15.5. The van der Waals surface area contributed by atoms with Gasteiger partial charge in [-0.05, 0) is 37.3 Å². The number of piperidine rings is 1. The van der Waals surface area contributed by atoms with Crippen molar-refractivity contribution >= 4 is 33.4 Å². The topological polar surface area (TPSA) is 66.5 Å². The van der Waals surface area contributed by atoms with Gasteiger partial charge in [-0.1, -0.05) is 6.42 Å². The highest BCUT2D eigenvalue weighted by molar-refractivity contribution is 7.98. The maximum absolute atomic E-state index is 12.6. The van der Waals surface area contributed by atoms with Crippen molar-refractivity contribution < 1.29 is 13.2 Å². The number of amides is 1. The van der Waals surface area contributed by atoms with Gasteiger partial charge < -0.3 is 5.32 Å². The minimum atomic E-state index is -3.47. The van der Waals surface area contributed by atoms with Gasteiger partial charge in [0.25, 0.3) is 0 Å². The molecule has 2 rings (SSSR count). The predicted molar refractivity (Wildman–Crippen MR) is 85.1 cm³/mol. The molecule has 1 aromatic rings. The van der Waals surface area contributed by atoms with Crippen LogP contribution in [0, 0.1) is 0 Å². The van der Waals surface area contributed by atoms with E-state index in [1.807, 2.05) is 6.26 Å². The molecule has 0 atom stereocenters. The summed E-state index contributed by atoms with van der Waals surface area (Å²) in [7, 11) is -3.47. The van der Waals surface area contributed by atoms with Gasteiger partial charge in [-0.3, -0.25) is 4.79 Å². The Morgan fingerprint density at radius 3 is 2.48 bits per heavy atom. The lowest BCUT2D eigenvalue weighted by atomic mass is 10.2. The maximum atomic E-state index is 12.6. The third kappa shape index (κ3) is 3.78. The van der Waals surface area contributed by atoms with Crippen molar-refractivity contribution in [2.45, 2.75) is 36.0 Å². The first-order chi connectivity index (χ1) is 9.95. The summed E-state index contributed by atoms with van der Waals surface area (Å²) < 4.78 is 26.8. The summed E-state index contributed by atoms with van der Waals surface area (Å²) in [6.07, 6.45) is 4.77. The predicted octanol–water partition coefficient (Wildman–Crippen LogP) is 2.54. The minimum Gasteiger partial charge on any atom is -0.325 e. The molecule has 7 heteroatoms. The van der Waals surface area contributed by atoms with Crippen LogP contribution >= 0.6 is 11.8 Å². The molecule has 0 aliphatic carbocycles. The molecule has 5 nitrogen and oxygen atoms in total. The van der Waals surface area contributed by atoms with Gasteiger partial charge in [-0.25, -0.2) is 8.42 Å². The first kappa shape index (κ1) is 16.3. The molecular weight excluding hydrogens is 308 g/mol. The summed E-state index contributed by atoms with van der Waals surface area (Å²) in [6, 6.07) is 4.91. The lowest BCUT2D eigenvalue weighted by Crippen LogP contribution is -2.35. The second-order valence-electron chi connectivity index (χ2n) is 5.01. The number of anilines is 1. The molecular formula is C14H20N2O3S2. The number of carbonyl (C=O) groups excluding carboxylic acids is 1. The van der Waals surface area contributed by atoms with Crippen LogP contribution in [0.5, 0.6) is 0 Å². The van der Waals surface area contributed by atoms with Gasteiger partial charge in [-0.15, -0.1) is 11.8 Å². The molecule has 1 heterocycles. The van der Waals surface area contributed by atoms with Crippen LogP contribution in [-0.4, -0.2) is 38.0 Å². The molecule has 0 unspecified atom stereocenters. The Morgan fingerprint density at radius 1 is 1.24 bits per heavy atom. The van der Waals surface area contributed by atoms with Crippen LogP contribution in [0.15, 0.2) is 28.0 Å². The van der Waals surface area contributed by atoms with E-state index in [9.17, 15) is 13.2 Å². The molecule has 1 aromatic carbocycles. The largest absolute Gasteiger partial charge is 0.325 e. The van der Waals surface area contributed by atoms with Crippen LogP contribution < -0.4 is 5.32 Å². The summed E-state index contributed by atoms with van der Waals surface area (Å²) in [5.41, 5.74) is 0.549. The third-order valence-corrected chi connectivity index (χ3v) is 6.12. The summed E-state index contributed by atoms with van der Waals surface area (Å²) in [4.78, 5) is 12.4. The zero-order valence-corrected chi connectivity index (χ0v) is 13.9. The van der Waals surface area contributed by atoms with E-state index in [2.05, 4.69) is 5.32 Å². The van der Waals surface area contributed by atoms with Gasteiger partial charge in [0.1, 0.15) is 0 Å². The molecule has 1 N–H and O–H groups in total. The number of carbonyl (C=O) groups is 1. The standard InChI is InChI=1S/C14H20N2O3S2/c1-11(17)15-13-10-12(6-7-14(13)20-2)21(18,19)16-8-4-3-5-9-16/h6-7,10H,3-5,8-9H2,1-2H3,(H,15,17). The molecule has 116 valence electrons. The van der Waals surface area contributed by atoms with E-state index >= 15 is 0 Å². The van der Waals surface area contributed by atoms with E-state index in [1.165, 1.54) is 23.0 Å². The molecule has 0 spiro atoms. The van der Waals surface area contributed by atoms with Crippen molar-refractivity contribution in [2.75, 3.05) is 24.7 Å². The quantitative estimate of drug-likeness (QED) is 0.863. The molecule has 0 bridgehead atoms. The smallest absolute Gasteiger partial charge is 0.243 e. The Kier molecular flexibility index (Phi) is 5.29. The second-order valence-corrected chi connectivity index (χ2v) is 7.79. The average Bonchev–Trinajstić information content (AvgIpc) is 2.47. The molecule has 0 radical (unpaired) electrons. The fourth-order valence-corrected chi connectivity index (χ4v) is 4.47. The maximum Gasteiger partial charge on any atom is 0.243 e. The summed E-state index contributed by atoms with van der Waals surface area (Å²) in [6.45, 7) is 2.56. The van der Waals surface area contributed by atoms with Crippen molar-refractivity contribution in [3.63, 3.8) is 0 Å². The normalized spacial score (nSPS) is 16.7. The molecule has 0 saturated carbocycles. The van der Waals surface area contributed by atoms with Crippen LogP contribution in [-0.2, 0) is 14.8 Å². The van der Waals surface area contributed by atoms with Crippen LogP contribution in [0.4, 0.5) is 5.69 Å². The number of hydrogen-bond acceptors (Lipinski definition) is 4. The highest BCUT2D eigenvalue weighted by Crippen LogP contribution is 2.30. The van der Waals surface area contributed by atoms with E-state index in [4.69, 9.17) is 0 Å². The van der Waals surface area contributed by atoms with Gasteiger partial charge in [0, 0.05) is 24.9 Å². The molecule has 1 aliphatic rings. The fourth-order valence-electron chi connectivity index (χ4n) is 2.39. The van der Waals surface area contributed by atoms with Crippen LogP contribution in [0.25, 0.3) is 0 Å². The lowest BCUT2D eigenvalue weighted by Gasteiger charge is -2.26. The molecule has 1 fully saturated rings. The molecule has 1 saturated heterocycles. The number of thioether (sulfide) groups is 1. The highest BCUT2D eigenvalue weighted by Gasteiger charge is 2.26. The molecule has 21 heavy (non-hydrogen) atoms.